The van der Waals surface area contributed by atoms with Gasteiger partial charge in [0, 0.05) is 0 Å². The SMILES string of the molecule is O=C(NCc1ccco1)c1ccc(Nc2cc(C(F)(F)F)ccc2Cl)nn1. The average molecular weight is 397 g/mol. The normalized spacial score (nSPS) is 11.3. The predicted octanol–water partition coefficient (Wildman–Crippen LogP) is 4.42. The standard InChI is InChI=1S/C17H12ClF3N4O2/c18-12-4-3-10(17(19,20)21)8-14(12)23-15-6-5-13(24-25-15)16(26)22-9-11-2-1-7-27-11/h1-8H,9H2,(H,22,26)(H,23,25). The second kappa shape index (κ2) is 7.67. The molecule has 2 N–H and O–H groups in total. The smallest absolute Gasteiger partial charge is 0.416 e. The highest BCUT2D eigenvalue weighted by Gasteiger charge is 2.31. The Labute approximate surface area is 156 Å². The predicted molar refractivity (Wildman–Crippen MR) is 91.6 cm³/mol. The van der Waals surface area contributed by atoms with Gasteiger partial charge in [0.05, 0.1) is 29.1 Å². The molecule has 2 aromatic heterocycles. The first kappa shape index (κ1) is 18.7. The van der Waals surface area contributed by atoms with Crippen molar-refractivity contribution in [1.82, 2.24) is 15.5 Å². The molecule has 2 heterocycles. The number of hydrogen-bond acceptors (Lipinski definition) is 5. The Hall–Kier alpha value is -3.07. The molecule has 0 spiro atoms. The summed E-state index contributed by atoms with van der Waals surface area (Å²) in [5.41, 5.74) is -0.783. The highest BCUT2D eigenvalue weighted by Crippen LogP contribution is 2.34. The maximum absolute atomic E-state index is 12.8. The quantitative estimate of drug-likeness (QED) is 0.667. The molecule has 10 heteroatoms. The fourth-order valence-corrected chi connectivity index (χ4v) is 2.29. The zero-order chi connectivity index (χ0) is 19.4. The van der Waals surface area contributed by atoms with E-state index >= 15 is 0 Å². The van der Waals surface area contributed by atoms with E-state index in [9.17, 15) is 18.0 Å². The van der Waals surface area contributed by atoms with Crippen LogP contribution in [-0.4, -0.2) is 16.1 Å². The number of carbonyl (C=O) groups is 1. The first-order valence-electron chi connectivity index (χ1n) is 7.61. The third-order valence-corrected chi connectivity index (χ3v) is 3.79. The number of alkyl halides is 3. The molecule has 0 unspecified atom stereocenters. The summed E-state index contributed by atoms with van der Waals surface area (Å²) in [5.74, 6) is 0.246. The second-order valence-electron chi connectivity index (χ2n) is 5.38. The molecule has 27 heavy (non-hydrogen) atoms. The lowest BCUT2D eigenvalue weighted by Gasteiger charge is -2.11. The van der Waals surface area contributed by atoms with Gasteiger partial charge in [-0.25, -0.2) is 0 Å². The molecule has 0 saturated heterocycles. The van der Waals surface area contributed by atoms with E-state index in [-0.39, 0.29) is 28.8 Å². The van der Waals surface area contributed by atoms with Crippen LogP contribution in [0, 0.1) is 0 Å². The van der Waals surface area contributed by atoms with Gasteiger partial charge in [0.15, 0.2) is 11.5 Å². The van der Waals surface area contributed by atoms with Gasteiger partial charge in [-0.1, -0.05) is 11.6 Å². The molecule has 0 saturated carbocycles. The number of hydrogen-bond donors (Lipinski definition) is 2. The number of benzene rings is 1. The molecule has 0 bridgehead atoms. The van der Waals surface area contributed by atoms with Crippen LogP contribution in [0.5, 0.6) is 0 Å². The summed E-state index contributed by atoms with van der Waals surface area (Å²) >= 11 is 5.92. The lowest BCUT2D eigenvalue weighted by Crippen LogP contribution is -2.23. The van der Waals surface area contributed by atoms with E-state index in [0.717, 1.165) is 18.2 Å². The van der Waals surface area contributed by atoms with Crippen LogP contribution in [0.2, 0.25) is 5.02 Å². The van der Waals surface area contributed by atoms with Crippen molar-refractivity contribution >= 4 is 29.0 Å². The maximum atomic E-state index is 12.8. The van der Waals surface area contributed by atoms with Gasteiger partial charge in [-0.15, -0.1) is 10.2 Å². The average Bonchev–Trinajstić information content (AvgIpc) is 3.15. The summed E-state index contributed by atoms with van der Waals surface area (Å²) in [6.45, 7) is 0.188. The number of nitrogens with one attached hydrogen (secondary N) is 2. The Balaban J connectivity index is 1.68. The molecule has 0 fully saturated rings. The van der Waals surface area contributed by atoms with Crippen LogP contribution in [0.15, 0.2) is 53.1 Å². The summed E-state index contributed by atoms with van der Waals surface area (Å²) in [7, 11) is 0. The first-order chi connectivity index (χ1) is 12.8. The molecule has 1 amide bonds. The number of carbonyl (C=O) groups excluding carboxylic acids is 1. The Morgan fingerprint density at radius 2 is 1.96 bits per heavy atom. The Kier molecular flexibility index (Phi) is 5.31. The maximum Gasteiger partial charge on any atom is 0.416 e. The Bertz CT molecular complexity index is 928. The minimum atomic E-state index is -4.50. The van der Waals surface area contributed by atoms with Crippen LogP contribution in [0.25, 0.3) is 0 Å². The van der Waals surface area contributed by atoms with E-state index in [0.29, 0.717) is 5.76 Å². The van der Waals surface area contributed by atoms with Crippen molar-refractivity contribution in [2.75, 3.05) is 5.32 Å². The van der Waals surface area contributed by atoms with Crippen molar-refractivity contribution in [3.63, 3.8) is 0 Å². The summed E-state index contributed by atoms with van der Waals surface area (Å²) in [6, 6.07) is 9.08. The number of halogens is 4. The molecule has 0 radical (unpaired) electrons. The molecule has 0 aliphatic rings. The van der Waals surface area contributed by atoms with E-state index in [2.05, 4.69) is 20.8 Å². The molecule has 140 valence electrons. The summed E-state index contributed by atoms with van der Waals surface area (Å²) in [4.78, 5) is 12.0. The van der Waals surface area contributed by atoms with Crippen LogP contribution < -0.4 is 10.6 Å². The van der Waals surface area contributed by atoms with Gasteiger partial charge >= 0.3 is 6.18 Å². The van der Waals surface area contributed by atoms with Gasteiger partial charge in [0.2, 0.25) is 0 Å². The van der Waals surface area contributed by atoms with Gasteiger partial charge in [0.25, 0.3) is 5.91 Å². The number of aromatic nitrogens is 2. The highest BCUT2D eigenvalue weighted by atomic mass is 35.5. The van der Waals surface area contributed by atoms with Crippen LogP contribution in [0.1, 0.15) is 21.8 Å². The van der Waals surface area contributed by atoms with Crippen LogP contribution in [0.3, 0.4) is 0 Å². The van der Waals surface area contributed by atoms with Gasteiger partial charge in [0.1, 0.15) is 5.76 Å². The number of furan rings is 1. The zero-order valence-corrected chi connectivity index (χ0v) is 14.3. The minimum Gasteiger partial charge on any atom is -0.467 e. The lowest BCUT2D eigenvalue weighted by atomic mass is 10.2. The van der Waals surface area contributed by atoms with Gasteiger partial charge in [-0.3, -0.25) is 4.79 Å². The fourth-order valence-electron chi connectivity index (χ4n) is 2.13. The summed E-state index contributed by atoms with van der Waals surface area (Å²) in [5, 5.41) is 12.9. The van der Waals surface area contributed by atoms with Gasteiger partial charge in [-0.05, 0) is 42.5 Å². The molecule has 0 aliphatic heterocycles. The molecule has 3 rings (SSSR count). The Morgan fingerprint density at radius 3 is 2.59 bits per heavy atom. The Morgan fingerprint density at radius 1 is 1.15 bits per heavy atom. The molecule has 0 atom stereocenters. The fraction of sp³-hybridized carbons (Fsp3) is 0.118. The molecule has 6 nitrogen and oxygen atoms in total. The topological polar surface area (TPSA) is 80.0 Å². The van der Waals surface area contributed by atoms with Crippen LogP contribution in [0.4, 0.5) is 24.7 Å². The van der Waals surface area contributed by atoms with Crippen LogP contribution >= 0.6 is 11.6 Å². The third-order valence-electron chi connectivity index (χ3n) is 3.46. The zero-order valence-electron chi connectivity index (χ0n) is 13.5. The molecule has 0 aliphatic carbocycles. The third kappa shape index (κ3) is 4.76. The van der Waals surface area contributed by atoms with Crippen molar-refractivity contribution in [2.24, 2.45) is 0 Å². The van der Waals surface area contributed by atoms with E-state index in [4.69, 9.17) is 16.0 Å². The monoisotopic (exact) mass is 396 g/mol. The van der Waals surface area contributed by atoms with E-state index in [1.807, 2.05) is 0 Å². The summed E-state index contributed by atoms with van der Waals surface area (Å²) < 4.78 is 43.5. The van der Waals surface area contributed by atoms with Gasteiger partial charge in [-0.2, -0.15) is 13.2 Å². The molecular formula is C17H12ClF3N4O2. The second-order valence-corrected chi connectivity index (χ2v) is 5.79. The van der Waals surface area contributed by atoms with Crippen molar-refractivity contribution in [3.8, 4) is 0 Å². The van der Waals surface area contributed by atoms with Crippen molar-refractivity contribution < 1.29 is 22.4 Å². The number of anilines is 2. The van der Waals surface area contributed by atoms with Crippen molar-refractivity contribution in [3.05, 3.63) is 70.8 Å². The minimum absolute atomic E-state index is 0.0239. The van der Waals surface area contributed by atoms with Crippen LogP contribution in [-0.2, 0) is 12.7 Å². The number of nitrogens with zero attached hydrogens (tertiary/aromatic N) is 2. The summed E-state index contributed by atoms with van der Waals surface area (Å²) in [6.07, 6.45) is -3.01. The first-order valence-corrected chi connectivity index (χ1v) is 7.99. The van der Waals surface area contributed by atoms with E-state index in [1.54, 1.807) is 12.1 Å². The van der Waals surface area contributed by atoms with Gasteiger partial charge < -0.3 is 15.1 Å². The molecule has 1 aromatic carbocycles. The number of rotatable bonds is 5. The van der Waals surface area contributed by atoms with E-state index < -0.39 is 17.6 Å². The lowest BCUT2D eigenvalue weighted by molar-refractivity contribution is -0.137. The van der Waals surface area contributed by atoms with Crippen molar-refractivity contribution in [1.29, 1.82) is 0 Å². The largest absolute Gasteiger partial charge is 0.467 e. The molecular weight excluding hydrogens is 385 g/mol. The van der Waals surface area contributed by atoms with E-state index in [1.165, 1.54) is 18.4 Å². The highest BCUT2D eigenvalue weighted by molar-refractivity contribution is 6.33. The molecule has 3 aromatic rings. The number of amides is 1. The van der Waals surface area contributed by atoms with Crippen molar-refractivity contribution in [2.45, 2.75) is 12.7 Å².